The van der Waals surface area contributed by atoms with Crippen LogP contribution in [0.25, 0.3) is 0 Å². The van der Waals surface area contributed by atoms with Crippen LogP contribution >= 0.6 is 0 Å². The molecule has 0 aromatic rings. The van der Waals surface area contributed by atoms with E-state index in [-0.39, 0.29) is 0 Å². The molecule has 82 valence electrons. The Labute approximate surface area is 92.8 Å². The van der Waals surface area contributed by atoms with Gasteiger partial charge >= 0.3 is 0 Å². The van der Waals surface area contributed by atoms with Crippen LogP contribution in [-0.2, 0) is 0 Å². The molecule has 3 aliphatic rings. The van der Waals surface area contributed by atoms with Crippen molar-refractivity contribution in [3.63, 3.8) is 0 Å². The van der Waals surface area contributed by atoms with Gasteiger partial charge in [0.15, 0.2) is 0 Å². The third-order valence-corrected chi connectivity index (χ3v) is 4.54. The van der Waals surface area contributed by atoms with Gasteiger partial charge in [0.1, 0.15) is 0 Å². The van der Waals surface area contributed by atoms with Crippen LogP contribution in [-0.4, -0.2) is 18.0 Å². The molecule has 0 radical (unpaired) electrons. The zero-order valence-corrected chi connectivity index (χ0v) is 10.1. The lowest BCUT2D eigenvalue weighted by Gasteiger charge is -2.39. The van der Waals surface area contributed by atoms with Crippen molar-refractivity contribution in [3.05, 3.63) is 22.9 Å². The predicted molar refractivity (Wildman–Crippen MR) is 63.5 cm³/mol. The van der Waals surface area contributed by atoms with Gasteiger partial charge in [-0.25, -0.2) is 0 Å². The van der Waals surface area contributed by atoms with E-state index in [0.29, 0.717) is 0 Å². The van der Waals surface area contributed by atoms with E-state index >= 15 is 0 Å². The van der Waals surface area contributed by atoms with Crippen molar-refractivity contribution >= 4 is 0 Å². The maximum atomic E-state index is 2.55. The highest BCUT2D eigenvalue weighted by atomic mass is 15.1. The summed E-state index contributed by atoms with van der Waals surface area (Å²) >= 11 is 0. The summed E-state index contributed by atoms with van der Waals surface area (Å²) in [6.45, 7) is 4.80. The van der Waals surface area contributed by atoms with Gasteiger partial charge in [-0.15, -0.1) is 0 Å². The largest absolute Gasteiger partial charge is 0.375 e. The van der Waals surface area contributed by atoms with Gasteiger partial charge in [-0.1, -0.05) is 18.6 Å². The molecule has 1 aliphatic heterocycles. The van der Waals surface area contributed by atoms with Crippen molar-refractivity contribution < 1.29 is 0 Å². The summed E-state index contributed by atoms with van der Waals surface area (Å²) in [7, 11) is 2.29. The Morgan fingerprint density at radius 1 is 1.33 bits per heavy atom. The van der Waals surface area contributed by atoms with Crippen LogP contribution in [0.5, 0.6) is 0 Å². The highest BCUT2D eigenvalue weighted by Gasteiger charge is 2.41. The SMILES string of the molecule is CC1CC(C)N(C)C2=C1C1CC1=CCC2. The highest BCUT2D eigenvalue weighted by Crippen LogP contribution is 2.52. The average molecular weight is 203 g/mol. The molecule has 0 amide bonds. The minimum absolute atomic E-state index is 0.735. The summed E-state index contributed by atoms with van der Waals surface area (Å²) in [4.78, 5) is 2.55. The molecule has 0 aromatic heterocycles. The molecule has 1 heteroatoms. The first-order valence-electron chi connectivity index (χ1n) is 6.33. The van der Waals surface area contributed by atoms with Gasteiger partial charge in [0, 0.05) is 24.7 Å². The van der Waals surface area contributed by atoms with Crippen LogP contribution in [0.2, 0.25) is 0 Å². The number of rotatable bonds is 0. The number of hydrogen-bond donors (Lipinski definition) is 0. The molecule has 1 saturated carbocycles. The Morgan fingerprint density at radius 2 is 2.13 bits per heavy atom. The monoisotopic (exact) mass is 203 g/mol. The van der Waals surface area contributed by atoms with Gasteiger partial charge in [0.25, 0.3) is 0 Å². The maximum absolute atomic E-state index is 2.55. The normalized spacial score (nSPS) is 39.3. The van der Waals surface area contributed by atoms with Crippen molar-refractivity contribution in [1.82, 2.24) is 4.90 Å². The van der Waals surface area contributed by atoms with E-state index in [9.17, 15) is 0 Å². The molecule has 3 atom stereocenters. The summed E-state index contributed by atoms with van der Waals surface area (Å²) in [6, 6.07) is 0.735. The maximum Gasteiger partial charge on any atom is 0.0261 e. The van der Waals surface area contributed by atoms with Crippen molar-refractivity contribution in [3.8, 4) is 0 Å². The second-order valence-corrected chi connectivity index (χ2v) is 5.57. The first kappa shape index (κ1) is 9.50. The zero-order chi connectivity index (χ0) is 10.6. The summed E-state index contributed by atoms with van der Waals surface area (Å²) in [5.74, 6) is 1.67. The first-order valence-corrected chi connectivity index (χ1v) is 6.33. The molecular formula is C14H21N. The van der Waals surface area contributed by atoms with Gasteiger partial charge in [-0.3, -0.25) is 0 Å². The molecule has 3 rings (SSSR count). The van der Waals surface area contributed by atoms with Crippen LogP contribution in [0, 0.1) is 11.8 Å². The Morgan fingerprint density at radius 3 is 2.93 bits per heavy atom. The molecule has 3 unspecified atom stereocenters. The molecule has 1 nitrogen and oxygen atoms in total. The number of nitrogens with zero attached hydrogens (tertiary/aromatic N) is 1. The number of allylic oxidation sites excluding steroid dienone is 4. The quantitative estimate of drug-likeness (QED) is 0.546. The molecule has 0 N–H and O–H groups in total. The topological polar surface area (TPSA) is 3.24 Å². The molecule has 0 saturated heterocycles. The van der Waals surface area contributed by atoms with Crippen molar-refractivity contribution in [2.45, 2.75) is 45.6 Å². The second kappa shape index (κ2) is 3.13. The molecule has 1 fully saturated rings. The van der Waals surface area contributed by atoms with Crippen molar-refractivity contribution in [1.29, 1.82) is 0 Å². The fourth-order valence-corrected chi connectivity index (χ4v) is 3.52. The van der Waals surface area contributed by atoms with Gasteiger partial charge < -0.3 is 4.90 Å². The van der Waals surface area contributed by atoms with E-state index < -0.39 is 0 Å². The fourth-order valence-electron chi connectivity index (χ4n) is 3.52. The van der Waals surface area contributed by atoms with Crippen LogP contribution < -0.4 is 0 Å². The van der Waals surface area contributed by atoms with Gasteiger partial charge in [-0.2, -0.15) is 0 Å². The molecule has 15 heavy (non-hydrogen) atoms. The Hall–Kier alpha value is -0.720. The molecular weight excluding hydrogens is 182 g/mol. The number of hydrogen-bond acceptors (Lipinski definition) is 1. The summed E-state index contributed by atoms with van der Waals surface area (Å²) < 4.78 is 0. The third-order valence-electron chi connectivity index (χ3n) is 4.54. The average Bonchev–Trinajstić information content (AvgIpc) is 2.90. The van der Waals surface area contributed by atoms with Gasteiger partial charge in [0.2, 0.25) is 0 Å². The summed E-state index contributed by atoms with van der Waals surface area (Å²) in [5, 5.41) is 0. The predicted octanol–water partition coefficient (Wildman–Crippen LogP) is 3.34. The lowest BCUT2D eigenvalue weighted by molar-refractivity contribution is 0.241. The minimum Gasteiger partial charge on any atom is -0.375 e. The van der Waals surface area contributed by atoms with E-state index in [1.54, 1.807) is 16.8 Å². The van der Waals surface area contributed by atoms with Crippen LogP contribution in [0.15, 0.2) is 22.9 Å². The molecule has 0 bridgehead atoms. The summed E-state index contributed by atoms with van der Waals surface area (Å²) in [6.07, 6.45) is 7.76. The third kappa shape index (κ3) is 1.36. The lowest BCUT2D eigenvalue weighted by Crippen LogP contribution is -2.36. The van der Waals surface area contributed by atoms with Crippen LogP contribution in [0.4, 0.5) is 0 Å². The Balaban J connectivity index is 2.02. The van der Waals surface area contributed by atoms with Crippen LogP contribution in [0.1, 0.15) is 39.5 Å². The molecule has 2 aliphatic carbocycles. The minimum atomic E-state index is 0.735. The van der Waals surface area contributed by atoms with Gasteiger partial charge in [-0.05, 0) is 44.1 Å². The standard InChI is InChI=1S/C14H21N/c1-9-7-10(2)15(3)13-6-4-5-11-8-12(11)14(9)13/h5,9-10,12H,4,6-8H2,1-3H3. The van der Waals surface area contributed by atoms with E-state index in [2.05, 4.69) is 31.9 Å². The molecule has 1 heterocycles. The van der Waals surface area contributed by atoms with E-state index in [0.717, 1.165) is 17.9 Å². The van der Waals surface area contributed by atoms with E-state index in [1.165, 1.54) is 25.7 Å². The first-order chi connectivity index (χ1) is 7.18. The molecule has 0 aromatic carbocycles. The zero-order valence-electron chi connectivity index (χ0n) is 10.1. The van der Waals surface area contributed by atoms with E-state index in [4.69, 9.17) is 0 Å². The van der Waals surface area contributed by atoms with Crippen molar-refractivity contribution in [2.75, 3.05) is 7.05 Å². The highest BCUT2D eigenvalue weighted by molar-refractivity contribution is 5.41. The Kier molecular flexibility index (Phi) is 1.99. The lowest BCUT2D eigenvalue weighted by atomic mass is 9.84. The number of fused-ring (bicyclic) bond motifs is 2. The van der Waals surface area contributed by atoms with Crippen molar-refractivity contribution in [2.24, 2.45) is 11.8 Å². The molecule has 0 spiro atoms. The second-order valence-electron chi connectivity index (χ2n) is 5.57. The fraction of sp³-hybridized carbons (Fsp3) is 0.714. The van der Waals surface area contributed by atoms with E-state index in [1.807, 2.05) is 0 Å². The Bertz CT molecular complexity index is 350. The van der Waals surface area contributed by atoms with Crippen LogP contribution in [0.3, 0.4) is 0 Å². The smallest absolute Gasteiger partial charge is 0.0261 e. The van der Waals surface area contributed by atoms with Gasteiger partial charge in [0.05, 0.1) is 0 Å². The summed E-state index contributed by atoms with van der Waals surface area (Å²) in [5.41, 5.74) is 5.20.